The molecule has 0 spiro atoms. The summed E-state index contributed by atoms with van der Waals surface area (Å²) < 4.78 is 0. The van der Waals surface area contributed by atoms with E-state index < -0.39 is 29.7 Å². The van der Waals surface area contributed by atoms with Crippen molar-refractivity contribution in [3.05, 3.63) is 35.9 Å². The molecule has 1 rings (SSSR count). The van der Waals surface area contributed by atoms with Gasteiger partial charge in [-0.05, 0) is 24.3 Å². The molecule has 0 bridgehead atoms. The van der Waals surface area contributed by atoms with Gasteiger partial charge in [-0.3, -0.25) is 14.8 Å². The summed E-state index contributed by atoms with van der Waals surface area (Å²) in [5.41, 5.74) is 2.24. The van der Waals surface area contributed by atoms with Crippen molar-refractivity contribution in [1.29, 1.82) is 0 Å². The van der Waals surface area contributed by atoms with Crippen molar-refractivity contribution < 1.29 is 24.7 Å². The Labute approximate surface area is 141 Å². The number of hydroxylamine groups is 1. The molecule has 0 radical (unpaired) electrons. The normalized spacial score (nSPS) is 13.2. The number of amides is 2. The summed E-state index contributed by atoms with van der Waals surface area (Å²) in [5, 5.41) is 18.3. The van der Waals surface area contributed by atoms with Crippen LogP contribution in [0.5, 0.6) is 0 Å². The van der Waals surface area contributed by atoms with Crippen molar-refractivity contribution in [1.82, 2.24) is 10.4 Å². The summed E-state index contributed by atoms with van der Waals surface area (Å²) in [6.45, 7) is 3.71. The number of carbonyl (C=O) groups excluding carboxylic acids is 2. The SMILES string of the molecule is CC(C)C[C@@H](C(=O)O)N(C)C(=O)C(Cc1ccccc1)C(=O)NO. The van der Waals surface area contributed by atoms with Gasteiger partial charge in [-0.25, -0.2) is 10.3 Å². The maximum Gasteiger partial charge on any atom is 0.326 e. The third kappa shape index (κ3) is 5.34. The van der Waals surface area contributed by atoms with Crippen molar-refractivity contribution in [3.8, 4) is 0 Å². The number of benzene rings is 1. The average Bonchev–Trinajstić information content (AvgIpc) is 2.56. The first-order valence-corrected chi connectivity index (χ1v) is 7.75. The monoisotopic (exact) mass is 336 g/mol. The molecule has 24 heavy (non-hydrogen) atoms. The van der Waals surface area contributed by atoms with Crippen LogP contribution in [0.2, 0.25) is 0 Å². The van der Waals surface area contributed by atoms with Crippen molar-refractivity contribution in [2.24, 2.45) is 11.8 Å². The van der Waals surface area contributed by atoms with E-state index in [-0.39, 0.29) is 18.8 Å². The van der Waals surface area contributed by atoms with Gasteiger partial charge in [0, 0.05) is 7.05 Å². The number of hydrogen-bond donors (Lipinski definition) is 3. The minimum Gasteiger partial charge on any atom is -0.480 e. The summed E-state index contributed by atoms with van der Waals surface area (Å²) in [5.74, 6) is -3.75. The predicted octanol–water partition coefficient (Wildman–Crippen LogP) is 1.31. The summed E-state index contributed by atoms with van der Waals surface area (Å²) in [6, 6.07) is 7.84. The number of carboxylic acids is 1. The van der Waals surface area contributed by atoms with Gasteiger partial charge >= 0.3 is 5.97 Å². The van der Waals surface area contributed by atoms with E-state index in [1.807, 2.05) is 19.9 Å². The molecule has 7 nitrogen and oxygen atoms in total. The largest absolute Gasteiger partial charge is 0.480 e. The number of rotatable bonds is 8. The Kier molecular flexibility index (Phi) is 7.38. The first-order chi connectivity index (χ1) is 11.3. The third-order valence-electron chi connectivity index (χ3n) is 3.80. The number of hydrogen-bond acceptors (Lipinski definition) is 4. The first kappa shape index (κ1) is 19.6. The lowest BCUT2D eigenvalue weighted by molar-refractivity contribution is -0.154. The topological polar surface area (TPSA) is 107 Å². The van der Waals surface area contributed by atoms with Crippen molar-refractivity contribution >= 4 is 17.8 Å². The van der Waals surface area contributed by atoms with E-state index in [0.29, 0.717) is 0 Å². The second-order valence-electron chi connectivity index (χ2n) is 6.15. The van der Waals surface area contributed by atoms with Gasteiger partial charge in [0.15, 0.2) is 0 Å². The van der Waals surface area contributed by atoms with E-state index in [0.717, 1.165) is 10.5 Å². The molecule has 1 aromatic carbocycles. The third-order valence-corrected chi connectivity index (χ3v) is 3.80. The first-order valence-electron chi connectivity index (χ1n) is 7.75. The Bertz CT molecular complexity index is 574. The smallest absolute Gasteiger partial charge is 0.326 e. The minimum absolute atomic E-state index is 0.0700. The summed E-state index contributed by atoms with van der Waals surface area (Å²) in [6.07, 6.45) is 0.348. The lowest BCUT2D eigenvalue weighted by Gasteiger charge is -2.29. The highest BCUT2D eigenvalue weighted by Gasteiger charge is 2.35. The summed E-state index contributed by atoms with van der Waals surface area (Å²) >= 11 is 0. The van der Waals surface area contributed by atoms with Crippen LogP contribution in [0.25, 0.3) is 0 Å². The van der Waals surface area contributed by atoms with Crippen LogP contribution in [0, 0.1) is 11.8 Å². The van der Waals surface area contributed by atoms with Crippen LogP contribution in [-0.4, -0.2) is 46.1 Å². The molecule has 0 aliphatic rings. The summed E-state index contributed by atoms with van der Waals surface area (Å²) in [7, 11) is 1.37. The fourth-order valence-corrected chi connectivity index (χ4v) is 2.49. The van der Waals surface area contributed by atoms with E-state index in [4.69, 9.17) is 5.21 Å². The van der Waals surface area contributed by atoms with Crippen molar-refractivity contribution in [2.75, 3.05) is 7.05 Å². The van der Waals surface area contributed by atoms with Crippen molar-refractivity contribution in [2.45, 2.75) is 32.7 Å². The average molecular weight is 336 g/mol. The molecule has 1 unspecified atom stereocenters. The highest BCUT2D eigenvalue weighted by atomic mass is 16.5. The quantitative estimate of drug-likeness (QED) is 0.377. The van der Waals surface area contributed by atoms with E-state index >= 15 is 0 Å². The highest BCUT2D eigenvalue weighted by Crippen LogP contribution is 2.17. The molecule has 7 heteroatoms. The molecule has 2 amide bonds. The van der Waals surface area contributed by atoms with E-state index in [1.54, 1.807) is 24.3 Å². The van der Waals surface area contributed by atoms with Gasteiger partial charge in [-0.1, -0.05) is 44.2 Å². The predicted molar refractivity (Wildman–Crippen MR) is 87.2 cm³/mol. The second-order valence-corrected chi connectivity index (χ2v) is 6.15. The molecule has 0 aromatic heterocycles. The molecule has 2 atom stereocenters. The molecule has 0 aliphatic carbocycles. The molecule has 3 N–H and O–H groups in total. The number of nitrogens with zero attached hydrogens (tertiary/aromatic N) is 1. The van der Waals surface area contributed by atoms with Crippen LogP contribution in [0.1, 0.15) is 25.8 Å². The Morgan fingerprint density at radius 1 is 1.17 bits per heavy atom. The second kappa shape index (κ2) is 9.02. The lowest BCUT2D eigenvalue weighted by atomic mass is 9.95. The number of nitrogens with one attached hydrogen (secondary N) is 1. The van der Waals surface area contributed by atoms with Crippen LogP contribution in [0.3, 0.4) is 0 Å². The number of carboxylic acid groups (broad SMARTS) is 1. The zero-order valence-corrected chi connectivity index (χ0v) is 14.1. The Morgan fingerprint density at radius 3 is 2.21 bits per heavy atom. The Morgan fingerprint density at radius 2 is 1.75 bits per heavy atom. The lowest BCUT2D eigenvalue weighted by Crippen LogP contribution is -2.49. The molecular weight excluding hydrogens is 312 g/mol. The molecular formula is C17H24N2O5. The van der Waals surface area contributed by atoms with Gasteiger partial charge in [0.2, 0.25) is 5.91 Å². The molecule has 0 heterocycles. The minimum atomic E-state index is -1.20. The van der Waals surface area contributed by atoms with Crippen LogP contribution in [0.4, 0.5) is 0 Å². The number of aliphatic carboxylic acids is 1. The molecule has 0 aliphatic heterocycles. The van der Waals surface area contributed by atoms with Crippen LogP contribution in [0.15, 0.2) is 30.3 Å². The molecule has 1 aromatic rings. The van der Waals surface area contributed by atoms with E-state index in [1.165, 1.54) is 12.5 Å². The van der Waals surface area contributed by atoms with Gasteiger partial charge in [0.1, 0.15) is 12.0 Å². The van der Waals surface area contributed by atoms with Gasteiger partial charge in [0.05, 0.1) is 0 Å². The van der Waals surface area contributed by atoms with Crippen LogP contribution < -0.4 is 5.48 Å². The standard InChI is InChI=1S/C17H24N2O5/c1-11(2)9-14(17(22)23)19(3)16(21)13(15(20)18-24)10-12-7-5-4-6-8-12/h4-8,11,13-14,24H,9-10H2,1-3H3,(H,18,20)(H,22,23)/t13?,14-/m0/s1. The van der Waals surface area contributed by atoms with Gasteiger partial charge < -0.3 is 10.0 Å². The van der Waals surface area contributed by atoms with Gasteiger partial charge in [-0.2, -0.15) is 0 Å². The zero-order chi connectivity index (χ0) is 18.3. The highest BCUT2D eigenvalue weighted by molar-refractivity contribution is 6.01. The van der Waals surface area contributed by atoms with Gasteiger partial charge in [0.25, 0.3) is 5.91 Å². The Balaban J connectivity index is 3.01. The molecule has 132 valence electrons. The van der Waals surface area contributed by atoms with Gasteiger partial charge in [-0.15, -0.1) is 0 Å². The zero-order valence-electron chi connectivity index (χ0n) is 14.1. The maximum absolute atomic E-state index is 12.7. The van der Waals surface area contributed by atoms with Crippen LogP contribution >= 0.6 is 0 Å². The maximum atomic E-state index is 12.7. The van der Waals surface area contributed by atoms with Crippen LogP contribution in [-0.2, 0) is 20.8 Å². The fourth-order valence-electron chi connectivity index (χ4n) is 2.49. The number of carbonyl (C=O) groups is 3. The summed E-state index contributed by atoms with van der Waals surface area (Å²) in [4.78, 5) is 37.1. The van der Waals surface area contributed by atoms with E-state index in [9.17, 15) is 19.5 Å². The molecule has 0 saturated carbocycles. The van der Waals surface area contributed by atoms with Crippen molar-refractivity contribution in [3.63, 3.8) is 0 Å². The Hall–Kier alpha value is -2.41. The van der Waals surface area contributed by atoms with E-state index in [2.05, 4.69) is 0 Å². The number of likely N-dealkylation sites (N-methyl/N-ethyl adjacent to an activating group) is 1. The molecule has 0 saturated heterocycles. The fraction of sp³-hybridized carbons (Fsp3) is 0.471. The molecule has 0 fully saturated rings.